The van der Waals surface area contributed by atoms with Gasteiger partial charge >= 0.3 is 19.8 Å². The van der Waals surface area contributed by atoms with E-state index in [4.69, 9.17) is 18.5 Å². The van der Waals surface area contributed by atoms with Crippen LogP contribution in [0.5, 0.6) is 0 Å². The van der Waals surface area contributed by atoms with Gasteiger partial charge in [0.2, 0.25) is 0 Å². The number of rotatable bonds is 39. The van der Waals surface area contributed by atoms with Crippen LogP contribution < -0.4 is 0 Å². The van der Waals surface area contributed by atoms with Gasteiger partial charge in [-0.15, -0.1) is 0 Å². The van der Waals surface area contributed by atoms with Gasteiger partial charge in [0.1, 0.15) is 19.8 Å². The maximum absolute atomic E-state index is 12.7. The van der Waals surface area contributed by atoms with E-state index in [0.29, 0.717) is 23.9 Å². The summed E-state index contributed by atoms with van der Waals surface area (Å²) in [6.45, 7) is 3.93. The highest BCUT2D eigenvalue weighted by Crippen LogP contribution is 2.43. The van der Waals surface area contributed by atoms with E-state index in [1.807, 2.05) is 39.4 Å². The van der Waals surface area contributed by atoms with Crippen molar-refractivity contribution in [1.82, 2.24) is 0 Å². The van der Waals surface area contributed by atoms with Crippen molar-refractivity contribution in [2.45, 2.75) is 148 Å². The second-order valence-electron chi connectivity index (χ2n) is 15.9. The maximum atomic E-state index is 12.7. The molecule has 0 aliphatic rings. The first-order valence-electron chi connectivity index (χ1n) is 22.7. The largest absolute Gasteiger partial charge is 0.472 e. The van der Waals surface area contributed by atoms with Crippen LogP contribution in [0.1, 0.15) is 136 Å². The second kappa shape index (κ2) is 40.7. The maximum Gasteiger partial charge on any atom is 0.472 e. The molecular weight excluding hydrogens is 790 g/mol. The van der Waals surface area contributed by atoms with Crippen molar-refractivity contribution in [3.8, 4) is 0 Å². The SMILES string of the molecule is CC/C=C\C/C=C\C/C=C\C/C=C\C/C=C\C=C/C(O)CCC(=O)O[C@H](COC(=O)CCC/C=C\C/C=C\C/C=C\CCCCCCCC)COP(=O)(O)OCC[N+](C)(C)C. The van der Waals surface area contributed by atoms with E-state index in [9.17, 15) is 24.2 Å². The number of hydrogen-bond donors (Lipinski definition) is 2. The Morgan fingerprint density at radius 3 is 1.70 bits per heavy atom. The fraction of sp³-hybridized carbons (Fsp3) is 0.600. The van der Waals surface area contributed by atoms with Gasteiger partial charge in [-0.05, 0) is 77.0 Å². The Morgan fingerprint density at radius 2 is 1.13 bits per heavy atom. The number of carbonyl (C=O) groups excluding carboxylic acids is 2. The van der Waals surface area contributed by atoms with Crippen LogP contribution in [0.3, 0.4) is 0 Å². The first kappa shape index (κ1) is 57.6. The monoisotopic (exact) mass is 873 g/mol. The van der Waals surface area contributed by atoms with Crippen molar-refractivity contribution in [1.29, 1.82) is 0 Å². The third-order valence-corrected chi connectivity index (χ3v) is 9.89. The highest BCUT2D eigenvalue weighted by atomic mass is 31.2. The Hall–Kier alpha value is -3.37. The molecule has 2 N–H and O–H groups in total. The molecule has 0 heterocycles. The molecule has 0 fully saturated rings. The van der Waals surface area contributed by atoms with Crippen LogP contribution in [0.25, 0.3) is 0 Å². The molecule has 0 radical (unpaired) electrons. The Morgan fingerprint density at radius 1 is 0.607 bits per heavy atom. The van der Waals surface area contributed by atoms with Gasteiger partial charge in [0.15, 0.2) is 6.10 Å². The van der Waals surface area contributed by atoms with E-state index in [-0.39, 0.29) is 32.5 Å². The molecule has 10 nitrogen and oxygen atoms in total. The number of allylic oxidation sites excluding steroid dienone is 17. The molecule has 0 saturated heterocycles. The van der Waals surface area contributed by atoms with Crippen LogP contribution in [-0.4, -0.2) is 86.1 Å². The zero-order valence-electron chi connectivity index (χ0n) is 38.5. The van der Waals surface area contributed by atoms with E-state index >= 15 is 0 Å². The lowest BCUT2D eigenvalue weighted by molar-refractivity contribution is -0.870. The number of esters is 2. The summed E-state index contributed by atoms with van der Waals surface area (Å²) in [6, 6.07) is 0. The molecule has 0 aromatic rings. The van der Waals surface area contributed by atoms with Gasteiger partial charge < -0.3 is 24.0 Å². The molecular formula is C50H83NO9P+. The molecule has 0 saturated carbocycles. The zero-order valence-corrected chi connectivity index (χ0v) is 39.4. The Kier molecular flexibility index (Phi) is 38.4. The Bertz CT molecular complexity index is 1420. The summed E-state index contributed by atoms with van der Waals surface area (Å²) in [5, 5.41) is 10.4. The van der Waals surface area contributed by atoms with Gasteiger partial charge in [0.25, 0.3) is 0 Å². The summed E-state index contributed by atoms with van der Waals surface area (Å²) in [5.74, 6) is -1.15. The quantitative estimate of drug-likeness (QED) is 0.0155. The minimum absolute atomic E-state index is 0.0246. The van der Waals surface area contributed by atoms with Gasteiger partial charge in [0.05, 0.1) is 33.9 Å². The van der Waals surface area contributed by atoms with Crippen molar-refractivity contribution >= 4 is 19.8 Å². The van der Waals surface area contributed by atoms with E-state index in [1.165, 1.54) is 38.5 Å². The third kappa shape index (κ3) is 44.5. The molecule has 0 rings (SSSR count). The second-order valence-corrected chi connectivity index (χ2v) is 17.3. The summed E-state index contributed by atoms with van der Waals surface area (Å²) in [7, 11) is 1.29. The topological polar surface area (TPSA) is 129 Å². The number of carbonyl (C=O) groups is 2. The van der Waals surface area contributed by atoms with Crippen molar-refractivity contribution < 1.29 is 47.2 Å². The average molecular weight is 873 g/mol. The van der Waals surface area contributed by atoms with E-state index in [1.54, 1.807) is 12.2 Å². The lowest BCUT2D eigenvalue weighted by atomic mass is 10.1. The Balaban J connectivity index is 4.69. The molecule has 0 amide bonds. The predicted octanol–water partition coefficient (Wildman–Crippen LogP) is 12.1. The van der Waals surface area contributed by atoms with E-state index in [0.717, 1.165) is 51.4 Å². The van der Waals surface area contributed by atoms with Gasteiger partial charge in [-0.2, -0.15) is 0 Å². The van der Waals surface area contributed by atoms with Crippen molar-refractivity contribution in [2.75, 3.05) is 47.5 Å². The minimum Gasteiger partial charge on any atom is -0.462 e. The molecule has 0 aliphatic carbocycles. The molecule has 2 unspecified atom stereocenters. The van der Waals surface area contributed by atoms with Crippen LogP contribution >= 0.6 is 7.82 Å². The smallest absolute Gasteiger partial charge is 0.462 e. The number of aliphatic hydroxyl groups is 1. The molecule has 0 aliphatic heterocycles. The number of likely N-dealkylation sites (N-methyl/N-ethyl adjacent to an activating group) is 1. The highest BCUT2D eigenvalue weighted by molar-refractivity contribution is 7.47. The summed E-state index contributed by atoms with van der Waals surface area (Å²) >= 11 is 0. The number of aliphatic hydroxyl groups excluding tert-OH is 1. The number of hydrogen-bond acceptors (Lipinski definition) is 8. The lowest BCUT2D eigenvalue weighted by Crippen LogP contribution is -2.37. The fourth-order valence-electron chi connectivity index (χ4n) is 5.31. The molecule has 11 heteroatoms. The number of ether oxygens (including phenoxy) is 2. The van der Waals surface area contributed by atoms with Crippen LogP contribution in [-0.2, 0) is 32.7 Å². The minimum atomic E-state index is -4.46. The number of nitrogens with zero attached hydrogens (tertiary/aromatic N) is 1. The first-order chi connectivity index (χ1) is 29.4. The third-order valence-electron chi connectivity index (χ3n) is 8.90. The van der Waals surface area contributed by atoms with Crippen molar-refractivity contribution in [3.05, 3.63) is 109 Å². The highest BCUT2D eigenvalue weighted by Gasteiger charge is 2.27. The predicted molar refractivity (Wildman–Crippen MR) is 253 cm³/mol. The summed E-state index contributed by atoms with van der Waals surface area (Å²) in [4.78, 5) is 35.4. The van der Waals surface area contributed by atoms with Crippen molar-refractivity contribution in [3.63, 3.8) is 0 Å². The number of phosphoric ester groups is 1. The van der Waals surface area contributed by atoms with Crippen molar-refractivity contribution in [2.24, 2.45) is 0 Å². The average Bonchev–Trinajstić information content (AvgIpc) is 3.21. The molecule has 61 heavy (non-hydrogen) atoms. The van der Waals surface area contributed by atoms with Gasteiger partial charge in [0, 0.05) is 12.8 Å². The van der Waals surface area contributed by atoms with Gasteiger partial charge in [-0.3, -0.25) is 18.6 Å². The molecule has 0 aromatic carbocycles. The van der Waals surface area contributed by atoms with E-state index in [2.05, 4.69) is 92.8 Å². The van der Waals surface area contributed by atoms with Crippen LogP contribution in [0.4, 0.5) is 0 Å². The lowest BCUT2D eigenvalue weighted by Gasteiger charge is -2.24. The molecule has 0 bridgehead atoms. The van der Waals surface area contributed by atoms with Gasteiger partial charge in [-0.1, -0.05) is 155 Å². The zero-order chi connectivity index (χ0) is 45.1. The molecule has 0 spiro atoms. The van der Waals surface area contributed by atoms with Gasteiger partial charge in [-0.25, -0.2) is 4.57 Å². The van der Waals surface area contributed by atoms with Crippen LogP contribution in [0.15, 0.2) is 109 Å². The number of phosphoric acid groups is 1. The standard InChI is InChI=1S/C50H82NO9P/c1-6-8-10-12-14-16-18-20-22-24-26-28-30-32-34-36-38-40-49(53)57-45-48(46-59-61(55,56)58-44-43-51(3,4)5)60-50(54)42-41-47(52)39-37-35-33-31-29-27-25-23-21-19-17-15-13-11-9-7-2/h9,11,15,17,20-23,26-29,32-35,37,39,47-48,52H,6-8,10,12-14,16,18-19,24-25,30-31,36,38,40-46H2,1-5H3/p+1/b11-9-,17-15-,22-20-,23-21-,28-26-,29-27-,34-32-,35-33-,39-37-/t47?,48-/m1/s1. The summed E-state index contributed by atoms with van der Waals surface area (Å²) in [6.07, 6.45) is 52.0. The molecule has 346 valence electrons. The fourth-order valence-corrected chi connectivity index (χ4v) is 6.06. The normalized spacial score (nSPS) is 15.1. The molecule has 3 atom stereocenters. The van der Waals surface area contributed by atoms with Crippen LogP contribution in [0.2, 0.25) is 0 Å². The number of quaternary nitrogens is 1. The first-order valence-corrected chi connectivity index (χ1v) is 24.2. The van der Waals surface area contributed by atoms with Crippen LogP contribution in [0, 0.1) is 0 Å². The summed E-state index contributed by atoms with van der Waals surface area (Å²) < 4.78 is 34.0. The molecule has 0 aromatic heterocycles. The van der Waals surface area contributed by atoms with E-state index < -0.39 is 38.6 Å². The number of unbranched alkanes of at least 4 members (excludes halogenated alkanes) is 7. The Labute approximate surface area is 370 Å². The summed E-state index contributed by atoms with van der Waals surface area (Å²) in [5.41, 5.74) is 0.